The molecule has 3 aromatic rings. The molecule has 0 aromatic carbocycles. The molecule has 32 heavy (non-hydrogen) atoms. The third-order valence-electron chi connectivity index (χ3n) is 6.00. The molecule has 1 aliphatic rings. The van der Waals surface area contributed by atoms with E-state index in [2.05, 4.69) is 23.9 Å². The normalized spacial score (nSPS) is 14.7. The van der Waals surface area contributed by atoms with E-state index in [0.717, 1.165) is 59.0 Å². The summed E-state index contributed by atoms with van der Waals surface area (Å²) in [6, 6.07) is 3.99. The van der Waals surface area contributed by atoms with Gasteiger partial charge in [0.15, 0.2) is 0 Å². The first-order valence-electron chi connectivity index (χ1n) is 11.3. The molecule has 0 bridgehead atoms. The Hall–Kier alpha value is -3.22. The molecule has 7 heteroatoms. The van der Waals surface area contributed by atoms with Crippen molar-refractivity contribution in [3.63, 3.8) is 0 Å². The Morgan fingerprint density at radius 1 is 1.12 bits per heavy atom. The summed E-state index contributed by atoms with van der Waals surface area (Å²) in [5.41, 5.74) is 5.15. The second-order valence-electron chi connectivity index (χ2n) is 8.67. The maximum Gasteiger partial charge on any atom is 0.261 e. The Kier molecular flexibility index (Phi) is 5.75. The van der Waals surface area contributed by atoms with Crippen LogP contribution >= 0.6 is 0 Å². The summed E-state index contributed by atoms with van der Waals surface area (Å²) in [6.45, 7) is 13.6. The molecule has 0 radical (unpaired) electrons. The van der Waals surface area contributed by atoms with Crippen molar-refractivity contribution < 1.29 is 9.53 Å². The van der Waals surface area contributed by atoms with Crippen molar-refractivity contribution >= 4 is 11.6 Å². The Morgan fingerprint density at radius 2 is 1.91 bits per heavy atom. The largest absolute Gasteiger partial charge is 0.492 e. The number of rotatable bonds is 7. The van der Waals surface area contributed by atoms with Crippen molar-refractivity contribution in [2.75, 3.05) is 11.5 Å². The van der Waals surface area contributed by atoms with E-state index in [1.165, 1.54) is 0 Å². The smallest absolute Gasteiger partial charge is 0.261 e. The fourth-order valence-corrected chi connectivity index (χ4v) is 4.30. The summed E-state index contributed by atoms with van der Waals surface area (Å²) < 4.78 is 7.77. The predicted octanol–water partition coefficient (Wildman–Crippen LogP) is 4.92. The van der Waals surface area contributed by atoms with E-state index in [0.29, 0.717) is 12.2 Å². The Morgan fingerprint density at radius 3 is 2.56 bits per heavy atom. The maximum absolute atomic E-state index is 13.5. The summed E-state index contributed by atoms with van der Waals surface area (Å²) in [5, 5.41) is 4.36. The molecule has 0 N–H and O–H groups in total. The second kappa shape index (κ2) is 8.37. The summed E-state index contributed by atoms with van der Waals surface area (Å²) in [4.78, 5) is 24.9. The molecule has 7 nitrogen and oxygen atoms in total. The molecule has 1 amide bonds. The van der Waals surface area contributed by atoms with E-state index in [4.69, 9.17) is 9.72 Å². The maximum atomic E-state index is 13.5. The van der Waals surface area contributed by atoms with Crippen molar-refractivity contribution in [1.29, 1.82) is 0 Å². The third kappa shape index (κ3) is 3.55. The number of fused-ring (bicyclic) bond motifs is 1. The number of carbonyl (C=O) groups excluding carboxylic acids is 1. The molecule has 1 aliphatic heterocycles. The summed E-state index contributed by atoms with van der Waals surface area (Å²) >= 11 is 0. The van der Waals surface area contributed by atoms with Crippen LogP contribution in [0, 0.1) is 6.92 Å². The molecule has 4 heterocycles. The molecule has 4 rings (SSSR count). The molecule has 0 saturated heterocycles. The van der Waals surface area contributed by atoms with Crippen LogP contribution in [0.25, 0.3) is 11.3 Å². The number of nitrogens with zero attached hydrogens (tertiary/aromatic N) is 5. The predicted molar refractivity (Wildman–Crippen MR) is 125 cm³/mol. The quantitative estimate of drug-likeness (QED) is 0.529. The fraction of sp³-hybridized carbons (Fsp3) is 0.440. The molecular weight excluding hydrogens is 402 g/mol. The molecule has 0 unspecified atom stereocenters. The number of aryl methyl sites for hydroxylation is 3. The molecule has 0 fully saturated rings. The molecule has 0 saturated carbocycles. The number of amides is 1. The van der Waals surface area contributed by atoms with Crippen LogP contribution in [0.1, 0.15) is 68.3 Å². The van der Waals surface area contributed by atoms with Gasteiger partial charge in [0.05, 0.1) is 46.7 Å². The molecule has 3 aromatic heterocycles. The average Bonchev–Trinajstić information content (AvgIpc) is 3.32. The number of hydrogen-bond donors (Lipinski definition) is 0. The Balaban J connectivity index is 1.79. The van der Waals surface area contributed by atoms with E-state index in [1.54, 1.807) is 11.1 Å². The van der Waals surface area contributed by atoms with E-state index in [1.807, 2.05) is 56.9 Å². The van der Waals surface area contributed by atoms with Gasteiger partial charge in [-0.3, -0.25) is 19.4 Å². The van der Waals surface area contributed by atoms with E-state index in [9.17, 15) is 4.79 Å². The zero-order valence-electron chi connectivity index (χ0n) is 19.8. The zero-order chi connectivity index (χ0) is 23.0. The van der Waals surface area contributed by atoms with Gasteiger partial charge in [0, 0.05) is 24.5 Å². The highest BCUT2D eigenvalue weighted by Crippen LogP contribution is 2.43. The van der Waals surface area contributed by atoms with E-state index in [-0.39, 0.29) is 5.91 Å². The second-order valence-corrected chi connectivity index (χ2v) is 8.67. The Bertz CT molecular complexity index is 1170. The van der Waals surface area contributed by atoms with Gasteiger partial charge in [0.2, 0.25) is 0 Å². The third-order valence-corrected chi connectivity index (χ3v) is 6.00. The summed E-state index contributed by atoms with van der Waals surface area (Å²) in [5.74, 6) is 0.763. The lowest BCUT2D eigenvalue weighted by Crippen LogP contribution is -2.39. The van der Waals surface area contributed by atoms with Gasteiger partial charge in [0.25, 0.3) is 5.91 Å². The van der Waals surface area contributed by atoms with Gasteiger partial charge in [-0.15, -0.1) is 0 Å². The van der Waals surface area contributed by atoms with Gasteiger partial charge in [-0.25, -0.2) is 4.98 Å². The average molecular weight is 434 g/mol. The lowest BCUT2D eigenvalue weighted by molar-refractivity contribution is 0.0981. The van der Waals surface area contributed by atoms with Gasteiger partial charge in [0.1, 0.15) is 5.75 Å². The van der Waals surface area contributed by atoms with Gasteiger partial charge >= 0.3 is 0 Å². The standard InChI is InChI=1S/C25H31N5O2/c1-7-10-32-21-12-17(13-26-19(21)8-2)20-11-16(4)22-23(28-20)25(5,6)30(24(22)31)18-14-27-29(9-3)15-18/h11-15H,7-10H2,1-6H3. The van der Waals surface area contributed by atoms with Crippen LogP contribution in [0.3, 0.4) is 0 Å². The molecular formula is C25H31N5O2. The minimum atomic E-state index is -0.604. The van der Waals surface area contributed by atoms with Gasteiger partial charge in [-0.05, 0) is 58.2 Å². The van der Waals surface area contributed by atoms with Crippen LogP contribution in [0.15, 0.2) is 30.7 Å². The SMILES string of the molecule is CCCOc1cc(-c2cc(C)c3c(n2)C(C)(C)N(c2cnn(CC)c2)C3=O)cnc1CC. The number of hydrogen-bond acceptors (Lipinski definition) is 5. The van der Waals surface area contributed by atoms with Crippen molar-refractivity contribution in [1.82, 2.24) is 19.7 Å². The molecule has 0 atom stereocenters. The zero-order valence-corrected chi connectivity index (χ0v) is 19.8. The highest BCUT2D eigenvalue weighted by Gasteiger charge is 2.46. The minimum Gasteiger partial charge on any atom is -0.492 e. The minimum absolute atomic E-state index is 0.0383. The van der Waals surface area contributed by atoms with Crippen LogP contribution in [0.5, 0.6) is 5.75 Å². The van der Waals surface area contributed by atoms with E-state index < -0.39 is 5.54 Å². The first kappa shape index (κ1) is 22.0. The topological polar surface area (TPSA) is 73.1 Å². The molecule has 0 spiro atoms. The van der Waals surface area contributed by atoms with Crippen molar-refractivity contribution in [3.05, 3.63) is 53.2 Å². The monoisotopic (exact) mass is 433 g/mol. The van der Waals surface area contributed by atoms with Crippen LogP contribution in [-0.2, 0) is 18.5 Å². The van der Waals surface area contributed by atoms with Crippen molar-refractivity contribution in [2.24, 2.45) is 0 Å². The van der Waals surface area contributed by atoms with E-state index >= 15 is 0 Å². The highest BCUT2D eigenvalue weighted by atomic mass is 16.5. The van der Waals surface area contributed by atoms with Gasteiger partial charge in [-0.1, -0.05) is 13.8 Å². The van der Waals surface area contributed by atoms with Crippen LogP contribution < -0.4 is 9.64 Å². The summed E-state index contributed by atoms with van der Waals surface area (Å²) in [7, 11) is 0. The van der Waals surface area contributed by atoms with Crippen LogP contribution in [0.2, 0.25) is 0 Å². The summed E-state index contributed by atoms with van der Waals surface area (Å²) in [6.07, 6.45) is 7.24. The fourth-order valence-electron chi connectivity index (χ4n) is 4.30. The van der Waals surface area contributed by atoms with Crippen molar-refractivity contribution in [2.45, 2.75) is 66.5 Å². The van der Waals surface area contributed by atoms with Crippen LogP contribution in [0.4, 0.5) is 5.69 Å². The number of anilines is 1. The number of pyridine rings is 2. The Labute approximate surface area is 189 Å². The lowest BCUT2D eigenvalue weighted by Gasteiger charge is -2.30. The number of aromatic nitrogens is 4. The molecule has 0 aliphatic carbocycles. The van der Waals surface area contributed by atoms with Crippen molar-refractivity contribution in [3.8, 4) is 17.0 Å². The highest BCUT2D eigenvalue weighted by molar-refractivity contribution is 6.12. The molecule has 168 valence electrons. The van der Waals surface area contributed by atoms with Gasteiger partial charge in [-0.2, -0.15) is 5.10 Å². The lowest BCUT2D eigenvalue weighted by atomic mass is 9.96. The number of carbonyl (C=O) groups is 1. The number of ether oxygens (including phenoxy) is 1. The van der Waals surface area contributed by atoms with Crippen LogP contribution in [-0.4, -0.2) is 32.3 Å². The van der Waals surface area contributed by atoms with Gasteiger partial charge < -0.3 is 4.74 Å². The first-order valence-corrected chi connectivity index (χ1v) is 11.3. The first-order chi connectivity index (χ1) is 15.3.